The van der Waals surface area contributed by atoms with Gasteiger partial charge in [0.05, 0.1) is 0 Å². The fourth-order valence-electron chi connectivity index (χ4n) is 0.939. The van der Waals surface area contributed by atoms with Gasteiger partial charge in [-0.1, -0.05) is 18.2 Å². The van der Waals surface area contributed by atoms with Crippen molar-refractivity contribution in [2.45, 2.75) is 24.8 Å². The summed E-state index contributed by atoms with van der Waals surface area (Å²) in [5, 5.41) is -0.436. The van der Waals surface area contributed by atoms with Crippen LogP contribution in [0.4, 0.5) is 4.79 Å². The van der Waals surface area contributed by atoms with Crippen LogP contribution in [-0.4, -0.2) is 15.7 Å². The molecule has 0 aliphatic rings. The first kappa shape index (κ1) is 11.4. The first-order valence-electron chi connectivity index (χ1n) is 4.33. The highest BCUT2D eigenvalue weighted by Crippen LogP contribution is 2.25. The van der Waals surface area contributed by atoms with E-state index in [-0.39, 0.29) is 6.04 Å². The minimum Gasteiger partial charge on any atom is -0.266 e. The van der Waals surface area contributed by atoms with Crippen LogP contribution in [0.2, 0.25) is 0 Å². The van der Waals surface area contributed by atoms with Crippen LogP contribution in [0, 0.1) is 0 Å². The molecule has 0 aromatic heterocycles. The van der Waals surface area contributed by atoms with E-state index in [0.29, 0.717) is 0 Å². The van der Waals surface area contributed by atoms with Crippen LogP contribution in [0.15, 0.2) is 35.2 Å². The van der Waals surface area contributed by atoms with Gasteiger partial charge in [-0.2, -0.15) is 0 Å². The summed E-state index contributed by atoms with van der Waals surface area (Å²) in [6, 6.07) is 9.77. The lowest BCUT2D eigenvalue weighted by Crippen LogP contribution is -2.25. The minimum absolute atomic E-state index is 0.0882. The van der Waals surface area contributed by atoms with E-state index in [1.165, 1.54) is 16.3 Å². The summed E-state index contributed by atoms with van der Waals surface area (Å²) >= 11 is 6.81. The number of halogens is 1. The zero-order valence-electron chi connectivity index (χ0n) is 8.11. The summed E-state index contributed by atoms with van der Waals surface area (Å²) in [5.41, 5.74) is 0. The molecule has 0 spiro atoms. The second kappa shape index (κ2) is 5.27. The van der Waals surface area contributed by atoms with Crippen molar-refractivity contribution in [3.05, 3.63) is 30.3 Å². The molecule has 0 bridgehead atoms. The lowest BCUT2D eigenvalue weighted by Gasteiger charge is -2.21. The molecule has 1 rings (SSSR count). The predicted molar refractivity (Wildman–Crippen MR) is 60.5 cm³/mol. The Morgan fingerprint density at radius 3 is 2.36 bits per heavy atom. The van der Waals surface area contributed by atoms with Gasteiger partial charge in [0.25, 0.3) is 0 Å². The Hall–Kier alpha value is -0.670. The Labute approximate surface area is 93.4 Å². The average Bonchev–Trinajstić information content (AvgIpc) is 2.15. The lowest BCUT2D eigenvalue weighted by molar-refractivity contribution is 0.242. The van der Waals surface area contributed by atoms with Gasteiger partial charge >= 0.3 is 5.37 Å². The van der Waals surface area contributed by atoms with Crippen molar-refractivity contribution in [1.29, 1.82) is 0 Å². The third-order valence-corrected chi connectivity index (χ3v) is 3.14. The molecule has 0 fully saturated rings. The van der Waals surface area contributed by atoms with Crippen LogP contribution in [0.5, 0.6) is 0 Å². The molecule has 0 saturated carbocycles. The van der Waals surface area contributed by atoms with Crippen LogP contribution in [0.1, 0.15) is 13.8 Å². The predicted octanol–water partition coefficient (Wildman–Crippen LogP) is 3.76. The molecule has 4 heteroatoms. The van der Waals surface area contributed by atoms with E-state index in [1.807, 2.05) is 44.2 Å². The van der Waals surface area contributed by atoms with E-state index in [2.05, 4.69) is 0 Å². The van der Waals surface area contributed by atoms with Gasteiger partial charge in [0.2, 0.25) is 0 Å². The van der Waals surface area contributed by atoms with E-state index < -0.39 is 5.37 Å². The van der Waals surface area contributed by atoms with E-state index in [9.17, 15) is 4.79 Å². The van der Waals surface area contributed by atoms with Crippen molar-refractivity contribution in [3.8, 4) is 0 Å². The first-order chi connectivity index (χ1) is 6.61. The molecule has 0 N–H and O–H groups in total. The molecule has 0 radical (unpaired) electrons. The van der Waals surface area contributed by atoms with E-state index >= 15 is 0 Å². The molecule has 0 aliphatic heterocycles. The number of nitrogens with zero attached hydrogens (tertiary/aromatic N) is 1. The largest absolute Gasteiger partial charge is 0.326 e. The maximum atomic E-state index is 11.1. The molecule has 14 heavy (non-hydrogen) atoms. The molecule has 76 valence electrons. The van der Waals surface area contributed by atoms with Crippen LogP contribution in [0.25, 0.3) is 0 Å². The van der Waals surface area contributed by atoms with E-state index in [0.717, 1.165) is 4.90 Å². The summed E-state index contributed by atoms with van der Waals surface area (Å²) in [5.74, 6) is 0. The van der Waals surface area contributed by atoms with Crippen molar-refractivity contribution in [3.63, 3.8) is 0 Å². The highest BCUT2D eigenvalue weighted by Gasteiger charge is 2.15. The zero-order valence-corrected chi connectivity index (χ0v) is 9.68. The standard InChI is InChI=1S/C10H12ClNOS/c1-8(2)12(10(11)13)14-9-6-4-3-5-7-9/h3-8H,1-2H3. The molecule has 1 aromatic rings. The van der Waals surface area contributed by atoms with Crippen molar-refractivity contribution >= 4 is 28.9 Å². The number of carbonyl (C=O) groups excluding carboxylic acids is 1. The highest BCUT2D eigenvalue weighted by atomic mass is 35.5. The summed E-state index contributed by atoms with van der Waals surface area (Å²) in [7, 11) is 0. The van der Waals surface area contributed by atoms with Crippen LogP contribution >= 0.6 is 23.5 Å². The second-order valence-electron chi connectivity index (χ2n) is 3.08. The van der Waals surface area contributed by atoms with Gasteiger partial charge in [-0.05, 0) is 49.5 Å². The van der Waals surface area contributed by atoms with Crippen LogP contribution in [0.3, 0.4) is 0 Å². The number of hydrogen-bond donors (Lipinski definition) is 0. The van der Waals surface area contributed by atoms with E-state index in [4.69, 9.17) is 11.6 Å². The maximum absolute atomic E-state index is 11.1. The smallest absolute Gasteiger partial charge is 0.266 e. The molecule has 0 unspecified atom stereocenters. The summed E-state index contributed by atoms with van der Waals surface area (Å²) < 4.78 is 1.54. The quantitative estimate of drug-likeness (QED) is 0.447. The molecule has 1 aromatic carbocycles. The fourth-order valence-corrected chi connectivity index (χ4v) is 2.03. The van der Waals surface area contributed by atoms with Gasteiger partial charge < -0.3 is 0 Å². The highest BCUT2D eigenvalue weighted by molar-refractivity contribution is 7.97. The zero-order chi connectivity index (χ0) is 10.6. The topological polar surface area (TPSA) is 20.3 Å². The minimum atomic E-state index is -0.436. The molecule has 0 aliphatic carbocycles. The van der Waals surface area contributed by atoms with Crippen molar-refractivity contribution < 1.29 is 4.79 Å². The normalized spacial score (nSPS) is 10.3. The monoisotopic (exact) mass is 229 g/mol. The summed E-state index contributed by atoms with van der Waals surface area (Å²) in [4.78, 5) is 12.1. The fraction of sp³-hybridized carbons (Fsp3) is 0.300. The third-order valence-electron chi connectivity index (χ3n) is 1.59. The van der Waals surface area contributed by atoms with Crippen LogP contribution in [-0.2, 0) is 0 Å². The van der Waals surface area contributed by atoms with Gasteiger partial charge in [-0.25, -0.2) is 0 Å². The van der Waals surface area contributed by atoms with Crippen LogP contribution < -0.4 is 0 Å². The Balaban J connectivity index is 2.70. The van der Waals surface area contributed by atoms with Gasteiger partial charge in [0.15, 0.2) is 0 Å². The molecule has 2 nitrogen and oxygen atoms in total. The second-order valence-corrected chi connectivity index (χ2v) is 4.45. The van der Waals surface area contributed by atoms with E-state index in [1.54, 1.807) is 0 Å². The summed E-state index contributed by atoms with van der Waals surface area (Å²) in [6.07, 6.45) is 0. The van der Waals surface area contributed by atoms with Crippen molar-refractivity contribution in [1.82, 2.24) is 4.31 Å². The number of hydrogen-bond acceptors (Lipinski definition) is 2. The third kappa shape index (κ3) is 3.24. The Bertz CT molecular complexity index is 302. The SMILES string of the molecule is CC(C)N(Sc1ccccc1)C(=O)Cl. The number of amides is 1. The maximum Gasteiger partial charge on any atom is 0.326 e. The number of rotatable bonds is 3. The molecule has 0 saturated heterocycles. The van der Waals surface area contributed by atoms with Gasteiger partial charge in [0.1, 0.15) is 0 Å². The Morgan fingerprint density at radius 2 is 1.93 bits per heavy atom. The van der Waals surface area contributed by atoms with Gasteiger partial charge in [-0.3, -0.25) is 9.10 Å². The first-order valence-corrected chi connectivity index (χ1v) is 5.48. The molecular formula is C10H12ClNOS. The van der Waals surface area contributed by atoms with Gasteiger partial charge in [0, 0.05) is 10.9 Å². The Kier molecular flexibility index (Phi) is 4.29. The average molecular weight is 230 g/mol. The van der Waals surface area contributed by atoms with Crippen molar-refractivity contribution in [2.75, 3.05) is 0 Å². The summed E-state index contributed by atoms with van der Waals surface area (Å²) in [6.45, 7) is 3.85. The number of carbonyl (C=O) groups is 1. The Morgan fingerprint density at radius 1 is 1.36 bits per heavy atom. The number of benzene rings is 1. The molecule has 1 amide bonds. The van der Waals surface area contributed by atoms with Gasteiger partial charge in [-0.15, -0.1) is 0 Å². The van der Waals surface area contributed by atoms with Crippen molar-refractivity contribution in [2.24, 2.45) is 0 Å². The molecular weight excluding hydrogens is 218 g/mol. The molecule has 0 heterocycles. The lowest BCUT2D eigenvalue weighted by atomic mass is 10.4. The molecule has 0 atom stereocenters.